The predicted octanol–water partition coefficient (Wildman–Crippen LogP) is 0.773. The molecular formula is C18H18N4O5S. The molecule has 0 aromatic carbocycles. The van der Waals surface area contributed by atoms with Crippen LogP contribution in [0.1, 0.15) is 24.8 Å². The fourth-order valence-corrected chi connectivity index (χ4v) is 3.65. The van der Waals surface area contributed by atoms with Crippen molar-refractivity contribution in [3.05, 3.63) is 35.0 Å². The van der Waals surface area contributed by atoms with Crippen molar-refractivity contribution in [2.24, 2.45) is 0 Å². The van der Waals surface area contributed by atoms with Gasteiger partial charge in [0.15, 0.2) is 0 Å². The van der Waals surface area contributed by atoms with E-state index in [2.05, 4.69) is 10.3 Å². The molecule has 9 nitrogen and oxygen atoms in total. The van der Waals surface area contributed by atoms with Gasteiger partial charge in [-0.15, -0.1) is 0 Å². The number of pyridine rings is 1. The molecule has 1 aromatic heterocycles. The lowest BCUT2D eigenvalue weighted by molar-refractivity contribution is -0.138. The minimum Gasteiger partial charge on any atom is -0.354 e. The van der Waals surface area contributed by atoms with Crippen LogP contribution in [0.25, 0.3) is 6.08 Å². The third kappa shape index (κ3) is 4.63. The number of carbonyl (C=O) groups excluding carboxylic acids is 5. The maximum Gasteiger partial charge on any atom is 0.293 e. The second-order valence-electron chi connectivity index (χ2n) is 6.16. The van der Waals surface area contributed by atoms with Crippen LogP contribution in [0.5, 0.6) is 0 Å². The Morgan fingerprint density at radius 2 is 1.89 bits per heavy atom. The summed E-state index contributed by atoms with van der Waals surface area (Å²) in [4.78, 5) is 65.7. The lowest BCUT2D eigenvalue weighted by Gasteiger charge is -2.15. The molecule has 0 saturated carbocycles. The molecule has 10 heteroatoms. The van der Waals surface area contributed by atoms with Crippen LogP contribution < -0.4 is 5.32 Å². The van der Waals surface area contributed by atoms with Gasteiger partial charge < -0.3 is 5.32 Å². The first kappa shape index (κ1) is 19.7. The second-order valence-corrected chi connectivity index (χ2v) is 7.15. The van der Waals surface area contributed by atoms with Crippen LogP contribution in [0.4, 0.5) is 4.79 Å². The molecule has 2 saturated heterocycles. The van der Waals surface area contributed by atoms with Crippen LogP contribution in [0, 0.1) is 0 Å². The Morgan fingerprint density at radius 1 is 1.14 bits per heavy atom. The predicted molar refractivity (Wildman–Crippen MR) is 100 cm³/mol. The van der Waals surface area contributed by atoms with Gasteiger partial charge in [-0.2, -0.15) is 0 Å². The number of nitrogens with one attached hydrogen (secondary N) is 1. The van der Waals surface area contributed by atoms with Gasteiger partial charge in [-0.05, 0) is 29.5 Å². The van der Waals surface area contributed by atoms with E-state index in [1.54, 1.807) is 30.6 Å². The van der Waals surface area contributed by atoms with E-state index in [1.165, 1.54) is 0 Å². The topological polar surface area (TPSA) is 117 Å². The molecule has 0 radical (unpaired) electrons. The normalized spacial score (nSPS) is 18.5. The zero-order valence-electron chi connectivity index (χ0n) is 14.9. The molecule has 2 aliphatic rings. The van der Waals surface area contributed by atoms with Crippen molar-refractivity contribution in [3.63, 3.8) is 0 Å². The molecule has 0 atom stereocenters. The van der Waals surface area contributed by atoms with E-state index in [4.69, 9.17) is 0 Å². The highest BCUT2D eigenvalue weighted by Crippen LogP contribution is 2.31. The Balaban J connectivity index is 1.45. The number of hydrogen-bond acceptors (Lipinski definition) is 7. The van der Waals surface area contributed by atoms with Crippen molar-refractivity contribution in [2.75, 3.05) is 19.6 Å². The first-order chi connectivity index (χ1) is 13.5. The summed E-state index contributed by atoms with van der Waals surface area (Å²) < 4.78 is 0. The van der Waals surface area contributed by atoms with E-state index in [9.17, 15) is 24.0 Å². The van der Waals surface area contributed by atoms with Crippen molar-refractivity contribution in [3.8, 4) is 0 Å². The molecule has 3 heterocycles. The molecule has 0 aliphatic carbocycles. The minimum absolute atomic E-state index is 0.0136. The molecule has 1 aromatic rings. The zero-order chi connectivity index (χ0) is 20.1. The van der Waals surface area contributed by atoms with Crippen LogP contribution in [0.2, 0.25) is 0 Å². The summed E-state index contributed by atoms with van der Waals surface area (Å²) in [6, 6.07) is 3.51. The van der Waals surface area contributed by atoms with Gasteiger partial charge in [0, 0.05) is 51.3 Å². The van der Waals surface area contributed by atoms with E-state index < -0.39 is 11.1 Å². The number of thioether (sulfide) groups is 1. The lowest BCUT2D eigenvalue weighted by atomic mass is 10.2. The van der Waals surface area contributed by atoms with E-state index in [0.29, 0.717) is 10.5 Å². The third-order valence-electron chi connectivity index (χ3n) is 4.23. The van der Waals surface area contributed by atoms with Gasteiger partial charge in [0.05, 0.1) is 4.91 Å². The maximum atomic E-state index is 12.4. The van der Waals surface area contributed by atoms with Crippen molar-refractivity contribution < 1.29 is 24.0 Å². The Hall–Kier alpha value is -3.01. The maximum absolute atomic E-state index is 12.4. The lowest BCUT2D eigenvalue weighted by Crippen LogP contribution is -2.39. The summed E-state index contributed by atoms with van der Waals surface area (Å²) in [5, 5.41) is 2.20. The van der Waals surface area contributed by atoms with Crippen molar-refractivity contribution in [1.29, 1.82) is 0 Å². The molecule has 1 N–H and O–H groups in total. The largest absolute Gasteiger partial charge is 0.354 e. The van der Waals surface area contributed by atoms with Crippen LogP contribution >= 0.6 is 11.8 Å². The average Bonchev–Trinajstić information content (AvgIpc) is 3.13. The van der Waals surface area contributed by atoms with Gasteiger partial charge in [0.25, 0.3) is 11.1 Å². The summed E-state index contributed by atoms with van der Waals surface area (Å²) in [7, 11) is 0. The number of carbonyl (C=O) groups is 5. The standard InChI is InChI=1S/C18H18N4O5S/c23-14(5-8-21-15(24)3-4-16(21)25)20-7-9-22-17(26)13(28-18(22)27)10-12-2-1-6-19-11-12/h1-2,6,10-11H,3-5,7-9H2,(H,20,23)/b13-10-. The molecule has 5 amide bonds. The van der Waals surface area contributed by atoms with Crippen LogP contribution in [0.15, 0.2) is 29.4 Å². The van der Waals surface area contributed by atoms with E-state index in [1.807, 2.05) is 0 Å². The van der Waals surface area contributed by atoms with Crippen molar-refractivity contribution in [2.45, 2.75) is 19.3 Å². The number of hydrogen-bond donors (Lipinski definition) is 1. The minimum atomic E-state index is -0.415. The highest BCUT2D eigenvalue weighted by molar-refractivity contribution is 8.18. The van der Waals surface area contributed by atoms with Gasteiger partial charge in [-0.1, -0.05) is 6.07 Å². The molecule has 3 rings (SSSR count). The highest BCUT2D eigenvalue weighted by atomic mass is 32.2. The Bertz CT molecular complexity index is 839. The summed E-state index contributed by atoms with van der Waals surface area (Å²) in [5.74, 6) is -1.31. The number of rotatable bonds is 7. The van der Waals surface area contributed by atoms with Crippen LogP contribution in [-0.2, 0) is 19.2 Å². The monoisotopic (exact) mass is 402 g/mol. The number of imide groups is 2. The quantitative estimate of drug-likeness (QED) is 0.529. The number of aromatic nitrogens is 1. The van der Waals surface area contributed by atoms with Gasteiger partial charge >= 0.3 is 0 Å². The Kier molecular flexibility index (Phi) is 6.19. The SMILES string of the molecule is O=C(CCN1C(=O)CCC1=O)NCCN1C(=O)S/C(=C\c2cccnc2)C1=O. The third-order valence-corrected chi connectivity index (χ3v) is 5.14. The average molecular weight is 402 g/mol. The van der Waals surface area contributed by atoms with Crippen LogP contribution in [-0.4, -0.2) is 63.3 Å². The first-order valence-electron chi connectivity index (χ1n) is 8.71. The summed E-state index contributed by atoms with van der Waals surface area (Å²) >= 11 is 0.839. The van der Waals surface area contributed by atoms with Gasteiger partial charge in [0.1, 0.15) is 0 Å². The molecule has 0 bridgehead atoms. The summed E-state index contributed by atoms with van der Waals surface area (Å²) in [6.07, 6.45) is 5.16. The molecule has 0 unspecified atom stereocenters. The number of nitrogens with zero attached hydrogens (tertiary/aromatic N) is 3. The van der Waals surface area contributed by atoms with E-state index in [-0.39, 0.29) is 56.6 Å². The van der Waals surface area contributed by atoms with Gasteiger partial charge in [-0.25, -0.2) is 0 Å². The number of likely N-dealkylation sites (tertiary alicyclic amines) is 1. The fraction of sp³-hybridized carbons (Fsp3) is 0.333. The smallest absolute Gasteiger partial charge is 0.293 e. The Labute approximate surface area is 165 Å². The van der Waals surface area contributed by atoms with E-state index >= 15 is 0 Å². The molecule has 2 fully saturated rings. The highest BCUT2D eigenvalue weighted by Gasteiger charge is 2.34. The van der Waals surface area contributed by atoms with Gasteiger partial charge in [-0.3, -0.25) is 38.8 Å². The van der Waals surface area contributed by atoms with E-state index in [0.717, 1.165) is 21.6 Å². The molecule has 146 valence electrons. The summed E-state index contributed by atoms with van der Waals surface area (Å²) in [5.41, 5.74) is 0.715. The number of amides is 5. The zero-order valence-corrected chi connectivity index (χ0v) is 15.7. The molecule has 2 aliphatic heterocycles. The fourth-order valence-electron chi connectivity index (χ4n) is 2.79. The Morgan fingerprint density at radius 3 is 2.57 bits per heavy atom. The summed E-state index contributed by atoms with van der Waals surface area (Å²) in [6.45, 7) is 0.181. The molecular weight excluding hydrogens is 384 g/mol. The first-order valence-corrected chi connectivity index (χ1v) is 9.52. The molecule has 0 spiro atoms. The second kappa shape index (κ2) is 8.79. The molecule has 28 heavy (non-hydrogen) atoms. The van der Waals surface area contributed by atoms with Crippen molar-refractivity contribution >= 4 is 46.7 Å². The van der Waals surface area contributed by atoms with Gasteiger partial charge in [0.2, 0.25) is 17.7 Å². The van der Waals surface area contributed by atoms with Crippen molar-refractivity contribution in [1.82, 2.24) is 20.1 Å². The van der Waals surface area contributed by atoms with Crippen LogP contribution in [0.3, 0.4) is 0 Å².